The summed E-state index contributed by atoms with van der Waals surface area (Å²) >= 11 is 6.34. The smallest absolute Gasteiger partial charge is 0.257 e. The molecule has 1 N–H and O–H groups in total. The fourth-order valence-corrected chi connectivity index (χ4v) is 3.73. The highest BCUT2D eigenvalue weighted by Gasteiger charge is 2.18. The Morgan fingerprint density at radius 2 is 1.78 bits per heavy atom. The molecule has 0 aliphatic carbocycles. The van der Waals surface area contributed by atoms with Crippen molar-refractivity contribution >= 4 is 29.0 Å². The number of nitrogens with zero attached hydrogens (tertiary/aromatic N) is 4. The van der Waals surface area contributed by atoms with Crippen LogP contribution in [0.15, 0.2) is 54.7 Å². The zero-order chi connectivity index (χ0) is 23.1. The molecule has 1 aliphatic heterocycles. The number of likely N-dealkylation sites (N-methyl/N-ethyl adjacent to an activating group) is 1. The van der Waals surface area contributed by atoms with Crippen molar-refractivity contribution < 1.29 is 4.79 Å². The van der Waals surface area contributed by atoms with Crippen molar-refractivity contribution in [1.82, 2.24) is 14.9 Å². The molecule has 1 aliphatic rings. The molecule has 3 aromatic rings. The molecule has 0 atom stereocenters. The Balaban J connectivity index is 0.00000141. The number of carbonyl (C=O) groups is 1. The first-order valence-electron chi connectivity index (χ1n) is 10.9. The van der Waals surface area contributed by atoms with Gasteiger partial charge in [-0.1, -0.05) is 31.5 Å². The largest absolute Gasteiger partial charge is 0.354 e. The predicted molar refractivity (Wildman–Crippen MR) is 133 cm³/mol. The Labute approximate surface area is 195 Å². The molecular weight excluding hydrogens is 422 g/mol. The predicted octanol–water partition coefficient (Wildman–Crippen LogP) is 5.14. The van der Waals surface area contributed by atoms with Crippen LogP contribution >= 0.6 is 11.6 Å². The van der Waals surface area contributed by atoms with E-state index in [4.69, 9.17) is 11.6 Å². The average Bonchev–Trinajstić information content (AvgIpc) is 2.82. The maximum absolute atomic E-state index is 12.9. The fraction of sp³-hybridized carbons (Fsp3) is 0.320. The van der Waals surface area contributed by atoms with Crippen LogP contribution in [0.5, 0.6) is 0 Å². The number of aromatic nitrogens is 2. The van der Waals surface area contributed by atoms with E-state index in [1.807, 2.05) is 57.2 Å². The summed E-state index contributed by atoms with van der Waals surface area (Å²) in [5.41, 5.74) is 3.46. The standard InChI is InChI=1S/C23H24ClN5O.C2H6/c1-16-18(7-9-22(26-16)29-13-11-28(2)12-14-29)23(30)27-17-6-8-20(24)19(15-17)21-5-3-4-10-25-21;1-2/h3-10,15H,11-14H2,1-2H3,(H,27,30);1-2H3. The van der Waals surface area contributed by atoms with Crippen LogP contribution in [-0.4, -0.2) is 54.0 Å². The lowest BCUT2D eigenvalue weighted by Crippen LogP contribution is -2.44. The summed E-state index contributed by atoms with van der Waals surface area (Å²) in [6, 6.07) is 14.8. The molecule has 4 rings (SSSR count). The number of halogens is 1. The van der Waals surface area contributed by atoms with Gasteiger partial charge in [0, 0.05) is 43.6 Å². The monoisotopic (exact) mass is 451 g/mol. The maximum Gasteiger partial charge on any atom is 0.257 e. The molecule has 1 aromatic carbocycles. The number of hydrogen-bond acceptors (Lipinski definition) is 5. The van der Waals surface area contributed by atoms with Crippen molar-refractivity contribution in [1.29, 1.82) is 0 Å². The Morgan fingerprint density at radius 1 is 1.03 bits per heavy atom. The molecule has 0 spiro atoms. The van der Waals surface area contributed by atoms with Gasteiger partial charge in [-0.25, -0.2) is 4.98 Å². The summed E-state index contributed by atoms with van der Waals surface area (Å²) in [6.45, 7) is 9.77. The van der Waals surface area contributed by atoms with Crippen LogP contribution in [0.25, 0.3) is 11.3 Å². The summed E-state index contributed by atoms with van der Waals surface area (Å²) in [5.74, 6) is 0.723. The topological polar surface area (TPSA) is 61.4 Å². The normalized spacial score (nSPS) is 13.8. The zero-order valence-electron chi connectivity index (χ0n) is 19.1. The van der Waals surface area contributed by atoms with Crippen LogP contribution in [0.4, 0.5) is 11.5 Å². The van der Waals surface area contributed by atoms with E-state index in [9.17, 15) is 4.79 Å². The van der Waals surface area contributed by atoms with Gasteiger partial charge in [-0.3, -0.25) is 9.78 Å². The van der Waals surface area contributed by atoms with Gasteiger partial charge in [-0.2, -0.15) is 0 Å². The van der Waals surface area contributed by atoms with Gasteiger partial charge in [-0.15, -0.1) is 0 Å². The van der Waals surface area contributed by atoms with Crippen LogP contribution < -0.4 is 10.2 Å². The molecule has 32 heavy (non-hydrogen) atoms. The van der Waals surface area contributed by atoms with Crippen molar-refractivity contribution in [3.63, 3.8) is 0 Å². The van der Waals surface area contributed by atoms with E-state index in [2.05, 4.69) is 32.1 Å². The Morgan fingerprint density at radius 3 is 2.44 bits per heavy atom. The maximum atomic E-state index is 12.9. The van der Waals surface area contributed by atoms with E-state index < -0.39 is 0 Å². The van der Waals surface area contributed by atoms with Crippen molar-refractivity contribution in [3.05, 3.63) is 71.0 Å². The summed E-state index contributed by atoms with van der Waals surface area (Å²) < 4.78 is 0. The molecular formula is C25H30ClN5O. The van der Waals surface area contributed by atoms with Gasteiger partial charge in [0.15, 0.2) is 0 Å². The van der Waals surface area contributed by atoms with Crippen LogP contribution in [0.1, 0.15) is 29.9 Å². The minimum absolute atomic E-state index is 0.195. The highest BCUT2D eigenvalue weighted by molar-refractivity contribution is 6.33. The number of hydrogen-bond donors (Lipinski definition) is 1. The third-order valence-electron chi connectivity index (χ3n) is 5.31. The second kappa shape index (κ2) is 11.1. The number of rotatable bonds is 4. The number of nitrogens with one attached hydrogen (secondary N) is 1. The second-order valence-corrected chi connectivity index (χ2v) is 7.86. The quantitative estimate of drug-likeness (QED) is 0.595. The highest BCUT2D eigenvalue weighted by atomic mass is 35.5. The molecule has 6 nitrogen and oxygen atoms in total. The molecule has 1 amide bonds. The second-order valence-electron chi connectivity index (χ2n) is 7.46. The van der Waals surface area contributed by atoms with Gasteiger partial charge >= 0.3 is 0 Å². The van der Waals surface area contributed by atoms with Gasteiger partial charge in [-0.05, 0) is 56.4 Å². The molecule has 0 saturated carbocycles. The third-order valence-corrected chi connectivity index (χ3v) is 5.64. The first-order chi connectivity index (χ1) is 15.5. The zero-order valence-corrected chi connectivity index (χ0v) is 19.9. The molecule has 2 aromatic heterocycles. The van der Waals surface area contributed by atoms with E-state index in [1.165, 1.54) is 0 Å². The van der Waals surface area contributed by atoms with Crippen LogP contribution in [0.3, 0.4) is 0 Å². The molecule has 7 heteroatoms. The van der Waals surface area contributed by atoms with E-state index in [0.717, 1.165) is 43.3 Å². The summed E-state index contributed by atoms with van der Waals surface area (Å²) in [7, 11) is 2.12. The minimum Gasteiger partial charge on any atom is -0.354 e. The van der Waals surface area contributed by atoms with Crippen LogP contribution in [0.2, 0.25) is 5.02 Å². The molecule has 1 saturated heterocycles. The van der Waals surface area contributed by atoms with E-state index >= 15 is 0 Å². The fourth-order valence-electron chi connectivity index (χ4n) is 3.52. The lowest BCUT2D eigenvalue weighted by molar-refractivity contribution is 0.102. The molecule has 1 fully saturated rings. The number of aryl methyl sites for hydroxylation is 1. The first kappa shape index (κ1) is 23.7. The highest BCUT2D eigenvalue weighted by Crippen LogP contribution is 2.29. The van der Waals surface area contributed by atoms with Crippen molar-refractivity contribution in [2.75, 3.05) is 43.4 Å². The number of piperazine rings is 1. The van der Waals surface area contributed by atoms with Gasteiger partial charge in [0.05, 0.1) is 22.0 Å². The van der Waals surface area contributed by atoms with Crippen molar-refractivity contribution in [2.45, 2.75) is 20.8 Å². The van der Waals surface area contributed by atoms with E-state index in [1.54, 1.807) is 18.3 Å². The number of benzene rings is 1. The Hall–Kier alpha value is -2.96. The number of pyridine rings is 2. The Kier molecular flexibility index (Phi) is 8.20. The van der Waals surface area contributed by atoms with Crippen LogP contribution in [0, 0.1) is 6.92 Å². The van der Waals surface area contributed by atoms with Crippen LogP contribution in [-0.2, 0) is 0 Å². The number of amides is 1. The first-order valence-corrected chi connectivity index (χ1v) is 11.3. The molecule has 0 radical (unpaired) electrons. The lowest BCUT2D eigenvalue weighted by atomic mass is 10.1. The summed E-state index contributed by atoms with van der Waals surface area (Å²) in [5, 5.41) is 3.54. The minimum atomic E-state index is -0.195. The number of anilines is 2. The molecule has 3 heterocycles. The van der Waals surface area contributed by atoms with Gasteiger partial charge in [0.2, 0.25) is 0 Å². The molecule has 168 valence electrons. The number of carbonyl (C=O) groups excluding carboxylic acids is 1. The SMILES string of the molecule is CC.Cc1nc(N2CCN(C)CC2)ccc1C(=O)Nc1ccc(Cl)c(-c2ccccn2)c1. The van der Waals surface area contributed by atoms with Gasteiger partial charge < -0.3 is 15.1 Å². The molecule has 0 unspecified atom stereocenters. The van der Waals surface area contributed by atoms with Gasteiger partial charge in [0.25, 0.3) is 5.91 Å². The van der Waals surface area contributed by atoms with Crippen molar-refractivity contribution in [2.24, 2.45) is 0 Å². The Bertz CT molecular complexity index is 1050. The van der Waals surface area contributed by atoms with Crippen molar-refractivity contribution in [3.8, 4) is 11.3 Å². The van der Waals surface area contributed by atoms with E-state index in [0.29, 0.717) is 22.0 Å². The average molecular weight is 452 g/mol. The van der Waals surface area contributed by atoms with Gasteiger partial charge in [0.1, 0.15) is 5.82 Å². The third kappa shape index (κ3) is 5.64. The lowest BCUT2D eigenvalue weighted by Gasteiger charge is -2.33. The van der Waals surface area contributed by atoms with E-state index in [-0.39, 0.29) is 5.91 Å². The summed E-state index contributed by atoms with van der Waals surface area (Å²) in [6.07, 6.45) is 1.72. The molecule has 0 bridgehead atoms. The summed E-state index contributed by atoms with van der Waals surface area (Å²) in [4.78, 5) is 26.5.